The highest BCUT2D eigenvalue weighted by Gasteiger charge is 2.19. The number of rotatable bonds is 8. The quantitative estimate of drug-likeness (QED) is 0.500. The van der Waals surface area contributed by atoms with Gasteiger partial charge in [0.15, 0.2) is 17.3 Å². The van der Waals surface area contributed by atoms with Crippen LogP contribution >= 0.6 is 0 Å². The van der Waals surface area contributed by atoms with Crippen molar-refractivity contribution in [3.8, 4) is 17.2 Å². The average Bonchev–Trinajstić information content (AvgIpc) is 3.04. The number of ether oxygens (including phenoxy) is 3. The maximum atomic E-state index is 5.86. The largest absolute Gasteiger partial charge is 0.497 e. The molecule has 0 aromatic heterocycles. The molecule has 0 saturated heterocycles. The lowest BCUT2D eigenvalue weighted by Crippen LogP contribution is -2.19. The molecule has 0 spiro atoms. The summed E-state index contributed by atoms with van der Waals surface area (Å²) in [7, 11) is 1.65. The van der Waals surface area contributed by atoms with Crippen molar-refractivity contribution in [1.82, 2.24) is 5.43 Å². The molecule has 170 valence electrons. The number of hydrogen-bond acceptors (Lipinski definition) is 6. The highest BCUT2D eigenvalue weighted by Crippen LogP contribution is 2.32. The van der Waals surface area contributed by atoms with Crippen molar-refractivity contribution in [2.24, 2.45) is 10.1 Å². The van der Waals surface area contributed by atoms with Crippen LogP contribution in [0, 0.1) is 0 Å². The third-order valence-corrected chi connectivity index (χ3v) is 5.41. The first-order chi connectivity index (χ1) is 16.2. The van der Waals surface area contributed by atoms with E-state index in [0.29, 0.717) is 24.8 Å². The van der Waals surface area contributed by atoms with Crippen LogP contribution in [0.5, 0.6) is 17.2 Å². The lowest BCUT2D eigenvalue weighted by molar-refractivity contribution is 0.287. The monoisotopic (exact) mass is 443 g/mol. The number of nitrogens with one attached hydrogen (secondary N) is 1. The second-order valence-electron chi connectivity index (χ2n) is 7.49. The molecule has 33 heavy (non-hydrogen) atoms. The summed E-state index contributed by atoms with van der Waals surface area (Å²) in [5.41, 5.74) is 8.88. The lowest BCUT2D eigenvalue weighted by atomic mass is 9.97. The van der Waals surface area contributed by atoms with E-state index in [9.17, 15) is 0 Å². The summed E-state index contributed by atoms with van der Waals surface area (Å²) in [6.45, 7) is 7.19. The average molecular weight is 444 g/mol. The maximum absolute atomic E-state index is 5.86. The predicted molar refractivity (Wildman–Crippen MR) is 133 cm³/mol. The van der Waals surface area contributed by atoms with Crippen molar-refractivity contribution in [2.75, 3.05) is 20.3 Å². The Kier molecular flexibility index (Phi) is 6.93. The summed E-state index contributed by atoms with van der Waals surface area (Å²) in [6, 6.07) is 20.0. The lowest BCUT2D eigenvalue weighted by Gasteiger charge is -2.14. The highest BCUT2D eigenvalue weighted by atomic mass is 16.5. The Hall–Kier alpha value is -3.80. The second-order valence-corrected chi connectivity index (χ2v) is 7.49. The summed E-state index contributed by atoms with van der Waals surface area (Å²) in [6.07, 6.45) is 0.927. The standard InChI is InChI=1S/C27H29N3O3/c1-5-18-8-14-23-22(16-18)26(20-11-15-24(32-6-2)25(17-20)33-7-3)29-30-27(28-23)19-9-12-21(31-4)13-10-19/h8-17H,5-7H2,1-4H3,(H,28,30). The van der Waals surface area contributed by atoms with Crippen molar-refractivity contribution >= 4 is 17.2 Å². The number of methoxy groups -OCH3 is 1. The zero-order valence-corrected chi connectivity index (χ0v) is 19.5. The number of hydrogen-bond donors (Lipinski definition) is 1. The molecule has 0 amide bonds. The Bertz CT molecular complexity index is 1180. The van der Waals surface area contributed by atoms with Gasteiger partial charge in [0.05, 0.1) is 26.0 Å². The van der Waals surface area contributed by atoms with Crippen LogP contribution in [0.1, 0.15) is 43.0 Å². The van der Waals surface area contributed by atoms with E-state index in [1.165, 1.54) is 5.56 Å². The van der Waals surface area contributed by atoms with Crippen LogP contribution in [0.25, 0.3) is 0 Å². The normalized spacial score (nSPS) is 12.6. The van der Waals surface area contributed by atoms with E-state index in [-0.39, 0.29) is 0 Å². The minimum Gasteiger partial charge on any atom is -0.497 e. The highest BCUT2D eigenvalue weighted by molar-refractivity contribution is 6.18. The predicted octanol–water partition coefficient (Wildman–Crippen LogP) is 5.49. The molecule has 3 aromatic carbocycles. The molecule has 1 aliphatic heterocycles. The molecule has 0 saturated carbocycles. The van der Waals surface area contributed by atoms with Crippen molar-refractivity contribution in [2.45, 2.75) is 27.2 Å². The van der Waals surface area contributed by atoms with Crippen LogP contribution in [-0.4, -0.2) is 31.9 Å². The van der Waals surface area contributed by atoms with Crippen molar-refractivity contribution in [1.29, 1.82) is 0 Å². The fraction of sp³-hybridized carbons (Fsp3) is 0.259. The van der Waals surface area contributed by atoms with Gasteiger partial charge >= 0.3 is 0 Å². The van der Waals surface area contributed by atoms with Crippen LogP contribution in [0.4, 0.5) is 5.69 Å². The van der Waals surface area contributed by atoms with E-state index in [0.717, 1.165) is 46.0 Å². The number of aliphatic imine (C=N–C) groups is 1. The third kappa shape index (κ3) is 4.85. The fourth-order valence-corrected chi connectivity index (χ4v) is 3.70. The molecule has 1 aliphatic rings. The van der Waals surface area contributed by atoms with E-state index in [2.05, 4.69) is 30.5 Å². The molecule has 0 radical (unpaired) electrons. The summed E-state index contributed by atoms with van der Waals surface area (Å²) in [5, 5.41) is 4.80. The van der Waals surface area contributed by atoms with Crippen molar-refractivity contribution < 1.29 is 14.2 Å². The number of hydrazone groups is 1. The van der Waals surface area contributed by atoms with Crippen molar-refractivity contribution in [3.05, 3.63) is 82.9 Å². The van der Waals surface area contributed by atoms with Crippen LogP contribution in [0.2, 0.25) is 0 Å². The van der Waals surface area contributed by atoms with E-state index in [4.69, 9.17) is 24.3 Å². The molecule has 3 aromatic rings. The van der Waals surface area contributed by atoms with E-state index in [1.807, 2.05) is 56.3 Å². The van der Waals surface area contributed by atoms with Gasteiger partial charge < -0.3 is 14.2 Å². The van der Waals surface area contributed by atoms with Gasteiger partial charge in [-0.2, -0.15) is 5.10 Å². The number of benzene rings is 3. The van der Waals surface area contributed by atoms with Crippen LogP contribution in [-0.2, 0) is 6.42 Å². The molecule has 0 unspecified atom stereocenters. The Morgan fingerprint density at radius 2 is 1.52 bits per heavy atom. The zero-order chi connectivity index (χ0) is 23.2. The molecule has 1 N–H and O–H groups in total. The SMILES string of the molecule is CCOc1ccc(C2=NNC(c3ccc(OC)cc3)=Nc3ccc(CC)cc32)cc1OCC. The molecule has 0 fully saturated rings. The molecule has 1 heterocycles. The van der Waals surface area contributed by atoms with Gasteiger partial charge in [-0.3, -0.25) is 5.43 Å². The van der Waals surface area contributed by atoms with Gasteiger partial charge in [0.2, 0.25) is 0 Å². The molecule has 0 aliphatic carbocycles. The van der Waals surface area contributed by atoms with Gasteiger partial charge in [-0.05, 0) is 80.4 Å². The number of nitrogens with zero attached hydrogens (tertiary/aromatic N) is 2. The van der Waals surface area contributed by atoms with E-state index >= 15 is 0 Å². The summed E-state index contributed by atoms with van der Waals surface area (Å²) in [5.74, 6) is 2.90. The van der Waals surface area contributed by atoms with E-state index < -0.39 is 0 Å². The van der Waals surface area contributed by atoms with Gasteiger partial charge in [0, 0.05) is 16.7 Å². The van der Waals surface area contributed by atoms with Crippen molar-refractivity contribution in [3.63, 3.8) is 0 Å². The zero-order valence-electron chi connectivity index (χ0n) is 19.5. The number of amidine groups is 1. The summed E-state index contributed by atoms with van der Waals surface area (Å²) < 4.78 is 16.9. The third-order valence-electron chi connectivity index (χ3n) is 5.41. The molecule has 4 rings (SSSR count). The molecule has 6 heteroatoms. The smallest absolute Gasteiger partial charge is 0.161 e. The molecular formula is C27H29N3O3. The minimum atomic E-state index is 0.551. The molecule has 6 nitrogen and oxygen atoms in total. The van der Waals surface area contributed by atoms with Crippen LogP contribution in [0.3, 0.4) is 0 Å². The van der Waals surface area contributed by atoms with Gasteiger partial charge in [-0.25, -0.2) is 4.99 Å². The second kappa shape index (κ2) is 10.2. The Morgan fingerprint density at radius 3 is 2.21 bits per heavy atom. The van der Waals surface area contributed by atoms with Crippen LogP contribution < -0.4 is 19.6 Å². The Morgan fingerprint density at radius 1 is 0.788 bits per heavy atom. The van der Waals surface area contributed by atoms with E-state index in [1.54, 1.807) is 7.11 Å². The molecular weight excluding hydrogens is 414 g/mol. The first-order valence-corrected chi connectivity index (χ1v) is 11.3. The molecule has 0 bridgehead atoms. The van der Waals surface area contributed by atoms with Gasteiger partial charge in [0.1, 0.15) is 11.5 Å². The molecule has 0 atom stereocenters. The van der Waals surface area contributed by atoms with Gasteiger partial charge in [0.25, 0.3) is 0 Å². The number of aryl methyl sites for hydroxylation is 1. The topological polar surface area (TPSA) is 64.4 Å². The van der Waals surface area contributed by atoms with Crippen LogP contribution in [0.15, 0.2) is 70.8 Å². The summed E-state index contributed by atoms with van der Waals surface area (Å²) >= 11 is 0. The Balaban J connectivity index is 1.81. The first-order valence-electron chi connectivity index (χ1n) is 11.3. The van der Waals surface area contributed by atoms with Gasteiger partial charge in [-0.1, -0.05) is 13.0 Å². The van der Waals surface area contributed by atoms with Gasteiger partial charge in [-0.15, -0.1) is 0 Å². The Labute approximate surface area is 194 Å². The maximum Gasteiger partial charge on any atom is 0.161 e. The minimum absolute atomic E-state index is 0.551. The summed E-state index contributed by atoms with van der Waals surface area (Å²) in [4.78, 5) is 4.92. The fourth-order valence-electron chi connectivity index (χ4n) is 3.70. The first kappa shape index (κ1) is 22.4. The number of fused-ring (bicyclic) bond motifs is 1.